The van der Waals surface area contributed by atoms with E-state index in [2.05, 4.69) is 15.4 Å². The van der Waals surface area contributed by atoms with Gasteiger partial charge in [-0.25, -0.2) is 9.67 Å². The van der Waals surface area contributed by atoms with Crippen LogP contribution >= 0.6 is 0 Å². The number of fused-ring (bicyclic) bond motifs is 1. The summed E-state index contributed by atoms with van der Waals surface area (Å²) in [6.07, 6.45) is 7.98. The Balaban J connectivity index is 1.62. The second kappa shape index (κ2) is 5.96. The van der Waals surface area contributed by atoms with Crippen molar-refractivity contribution in [2.45, 2.75) is 32.2 Å². The minimum atomic E-state index is -0.107. The van der Waals surface area contributed by atoms with Gasteiger partial charge < -0.3 is 9.73 Å². The third kappa shape index (κ3) is 2.50. The van der Waals surface area contributed by atoms with E-state index in [4.69, 9.17) is 4.42 Å². The Morgan fingerprint density at radius 2 is 2.29 bits per heavy atom. The molecule has 3 aromatic rings. The van der Waals surface area contributed by atoms with E-state index in [9.17, 15) is 4.79 Å². The van der Waals surface area contributed by atoms with E-state index in [1.54, 1.807) is 19.2 Å². The average molecular weight is 322 g/mol. The lowest BCUT2D eigenvalue weighted by Crippen LogP contribution is -2.31. The van der Waals surface area contributed by atoms with E-state index in [1.165, 1.54) is 6.26 Å². The molecule has 1 unspecified atom stereocenters. The first kappa shape index (κ1) is 14.7. The molecule has 1 amide bonds. The number of carbonyl (C=O) groups excluding carboxylic acids is 1. The Kier molecular flexibility index (Phi) is 3.65. The number of rotatable bonds is 3. The number of aryl methyl sites for hydroxylation is 1. The van der Waals surface area contributed by atoms with E-state index < -0.39 is 0 Å². The van der Waals surface area contributed by atoms with Crippen molar-refractivity contribution in [2.75, 3.05) is 0 Å². The van der Waals surface area contributed by atoms with Crippen LogP contribution in [0, 0.1) is 6.92 Å². The van der Waals surface area contributed by atoms with Gasteiger partial charge in [-0.2, -0.15) is 5.10 Å². The number of aromatic nitrogens is 3. The molecule has 1 atom stereocenters. The highest BCUT2D eigenvalue weighted by molar-refractivity contribution is 5.95. The maximum absolute atomic E-state index is 12.5. The van der Waals surface area contributed by atoms with Gasteiger partial charge in [0, 0.05) is 11.8 Å². The highest BCUT2D eigenvalue weighted by atomic mass is 16.3. The molecule has 0 fully saturated rings. The molecule has 122 valence electrons. The highest BCUT2D eigenvalue weighted by Crippen LogP contribution is 2.31. The van der Waals surface area contributed by atoms with Crippen molar-refractivity contribution in [1.82, 2.24) is 20.1 Å². The number of nitrogens with one attached hydrogen (secondary N) is 1. The zero-order valence-electron chi connectivity index (χ0n) is 13.4. The quantitative estimate of drug-likeness (QED) is 0.804. The normalized spacial score (nSPS) is 16.6. The fraction of sp³-hybridized carbons (Fsp3) is 0.278. The molecule has 1 N–H and O–H groups in total. The number of carbonyl (C=O) groups is 1. The summed E-state index contributed by atoms with van der Waals surface area (Å²) in [5.74, 6) is 1.33. The summed E-state index contributed by atoms with van der Waals surface area (Å²) in [6, 6.07) is 7.43. The van der Waals surface area contributed by atoms with Gasteiger partial charge in [-0.05, 0) is 44.4 Å². The van der Waals surface area contributed by atoms with Crippen LogP contribution < -0.4 is 5.32 Å². The smallest absolute Gasteiger partial charge is 0.255 e. The molecule has 4 rings (SSSR count). The first-order chi connectivity index (χ1) is 11.7. The van der Waals surface area contributed by atoms with Gasteiger partial charge in [-0.3, -0.25) is 4.79 Å². The number of amides is 1. The molecule has 3 aromatic heterocycles. The summed E-state index contributed by atoms with van der Waals surface area (Å²) in [5.41, 5.74) is 2.77. The number of hydrogen-bond acceptors (Lipinski definition) is 4. The molecule has 0 saturated heterocycles. The monoisotopic (exact) mass is 322 g/mol. The molecule has 24 heavy (non-hydrogen) atoms. The lowest BCUT2D eigenvalue weighted by atomic mass is 9.92. The predicted molar refractivity (Wildman–Crippen MR) is 87.9 cm³/mol. The summed E-state index contributed by atoms with van der Waals surface area (Å²) in [4.78, 5) is 16.8. The van der Waals surface area contributed by atoms with Crippen molar-refractivity contribution in [3.05, 3.63) is 65.5 Å². The summed E-state index contributed by atoms with van der Waals surface area (Å²) in [7, 11) is 0. The topological polar surface area (TPSA) is 73.0 Å². The number of furan rings is 1. The van der Waals surface area contributed by atoms with Crippen molar-refractivity contribution >= 4 is 5.91 Å². The summed E-state index contributed by atoms with van der Waals surface area (Å²) in [5, 5.41) is 7.60. The molecule has 6 heteroatoms. The molecular formula is C18H18N4O2. The van der Waals surface area contributed by atoms with Gasteiger partial charge in [0.1, 0.15) is 5.76 Å². The van der Waals surface area contributed by atoms with E-state index in [0.717, 1.165) is 36.3 Å². The predicted octanol–water partition coefficient (Wildman–Crippen LogP) is 2.98. The van der Waals surface area contributed by atoms with Gasteiger partial charge in [0.2, 0.25) is 0 Å². The lowest BCUT2D eigenvalue weighted by molar-refractivity contribution is 0.0931. The third-order valence-corrected chi connectivity index (χ3v) is 4.46. The molecule has 0 spiro atoms. The molecule has 0 saturated carbocycles. The Morgan fingerprint density at radius 1 is 1.38 bits per heavy atom. The molecule has 3 heterocycles. The van der Waals surface area contributed by atoms with Crippen LogP contribution in [0.25, 0.3) is 5.82 Å². The van der Waals surface area contributed by atoms with E-state index in [1.807, 2.05) is 29.1 Å². The second-order valence-electron chi connectivity index (χ2n) is 5.96. The lowest BCUT2D eigenvalue weighted by Gasteiger charge is -2.24. The molecule has 6 nitrogen and oxygen atoms in total. The summed E-state index contributed by atoms with van der Waals surface area (Å²) in [6.45, 7) is 1.79. The van der Waals surface area contributed by atoms with Gasteiger partial charge >= 0.3 is 0 Å². The fourth-order valence-corrected chi connectivity index (χ4v) is 3.24. The summed E-state index contributed by atoms with van der Waals surface area (Å²) < 4.78 is 7.09. The molecule has 0 aliphatic heterocycles. The number of pyridine rings is 1. The van der Waals surface area contributed by atoms with Crippen LogP contribution in [0.1, 0.15) is 46.3 Å². The van der Waals surface area contributed by atoms with Crippen molar-refractivity contribution in [1.29, 1.82) is 0 Å². The summed E-state index contributed by atoms with van der Waals surface area (Å²) >= 11 is 0. The Hall–Kier alpha value is -2.89. The van der Waals surface area contributed by atoms with Crippen LogP contribution in [0.4, 0.5) is 0 Å². The van der Waals surface area contributed by atoms with E-state index in [0.29, 0.717) is 11.3 Å². The van der Waals surface area contributed by atoms with Crippen molar-refractivity contribution < 1.29 is 9.21 Å². The maximum Gasteiger partial charge on any atom is 0.255 e. The maximum atomic E-state index is 12.5. The zero-order valence-corrected chi connectivity index (χ0v) is 13.4. The van der Waals surface area contributed by atoms with Crippen LogP contribution in [-0.4, -0.2) is 20.7 Å². The van der Waals surface area contributed by atoms with Crippen LogP contribution in [0.5, 0.6) is 0 Å². The van der Waals surface area contributed by atoms with Gasteiger partial charge in [0.15, 0.2) is 5.82 Å². The molecule has 1 aliphatic carbocycles. The van der Waals surface area contributed by atoms with Gasteiger partial charge in [0.05, 0.1) is 29.8 Å². The van der Waals surface area contributed by atoms with Crippen LogP contribution in [0.3, 0.4) is 0 Å². The van der Waals surface area contributed by atoms with Crippen molar-refractivity contribution in [2.24, 2.45) is 0 Å². The van der Waals surface area contributed by atoms with Crippen LogP contribution in [-0.2, 0) is 6.42 Å². The van der Waals surface area contributed by atoms with Gasteiger partial charge in [-0.15, -0.1) is 0 Å². The van der Waals surface area contributed by atoms with Crippen molar-refractivity contribution in [3.8, 4) is 5.82 Å². The molecule has 0 aromatic carbocycles. The highest BCUT2D eigenvalue weighted by Gasteiger charge is 2.27. The van der Waals surface area contributed by atoms with Gasteiger partial charge in [-0.1, -0.05) is 6.07 Å². The molecular weight excluding hydrogens is 304 g/mol. The first-order valence-electron chi connectivity index (χ1n) is 8.07. The Labute approximate surface area is 139 Å². The third-order valence-electron chi connectivity index (χ3n) is 4.46. The largest absolute Gasteiger partial charge is 0.469 e. The Morgan fingerprint density at radius 3 is 3.04 bits per heavy atom. The molecule has 1 aliphatic rings. The number of nitrogens with zero attached hydrogens (tertiary/aromatic N) is 3. The standard InChI is InChI=1S/C18H18N4O2/c1-12-13(8-10-24-12)18(23)21-15-5-4-6-16-14(15)11-20-22(16)17-7-2-3-9-19-17/h2-3,7-11,15H,4-6H2,1H3,(H,21,23). The SMILES string of the molecule is Cc1occc1C(=O)NC1CCCc2c1cnn2-c1ccccn1. The Bertz CT molecular complexity index is 866. The second-order valence-corrected chi connectivity index (χ2v) is 5.96. The number of hydrogen-bond donors (Lipinski definition) is 1. The van der Waals surface area contributed by atoms with E-state index in [-0.39, 0.29) is 11.9 Å². The van der Waals surface area contributed by atoms with E-state index >= 15 is 0 Å². The molecule has 0 radical (unpaired) electrons. The first-order valence-corrected chi connectivity index (χ1v) is 8.07. The fourth-order valence-electron chi connectivity index (χ4n) is 3.24. The van der Waals surface area contributed by atoms with Crippen LogP contribution in [0.15, 0.2) is 47.3 Å². The van der Waals surface area contributed by atoms with Crippen molar-refractivity contribution in [3.63, 3.8) is 0 Å². The minimum Gasteiger partial charge on any atom is -0.469 e. The minimum absolute atomic E-state index is 0.0342. The zero-order chi connectivity index (χ0) is 16.5. The van der Waals surface area contributed by atoms with Gasteiger partial charge in [0.25, 0.3) is 5.91 Å². The molecule has 0 bridgehead atoms. The van der Waals surface area contributed by atoms with Crippen LogP contribution in [0.2, 0.25) is 0 Å². The average Bonchev–Trinajstić information content (AvgIpc) is 3.22.